The van der Waals surface area contributed by atoms with Gasteiger partial charge in [0.2, 0.25) is 5.91 Å². The predicted octanol–water partition coefficient (Wildman–Crippen LogP) is 3.00. The third-order valence-electron chi connectivity index (χ3n) is 4.15. The predicted molar refractivity (Wildman–Crippen MR) is 83.6 cm³/mol. The molecular weight excluding hydrogens is 269 g/mol. The number of hydrogen-bond donors (Lipinski definition) is 2. The molecule has 4 nitrogen and oxygen atoms in total. The zero-order chi connectivity index (χ0) is 15.2. The molecule has 0 aromatic heterocycles. The lowest BCUT2D eigenvalue weighted by atomic mass is 10.2. The van der Waals surface area contributed by atoms with Crippen LogP contribution in [0, 0.1) is 5.82 Å². The van der Waals surface area contributed by atoms with Crippen molar-refractivity contribution < 1.29 is 9.18 Å². The van der Waals surface area contributed by atoms with Gasteiger partial charge < -0.3 is 16.0 Å². The summed E-state index contributed by atoms with van der Waals surface area (Å²) >= 11 is 0. The second-order valence-electron chi connectivity index (χ2n) is 5.80. The van der Waals surface area contributed by atoms with Gasteiger partial charge in [0, 0.05) is 12.5 Å². The third-order valence-corrected chi connectivity index (χ3v) is 4.15. The van der Waals surface area contributed by atoms with Crippen molar-refractivity contribution in [1.82, 2.24) is 4.90 Å². The van der Waals surface area contributed by atoms with Gasteiger partial charge in [0.05, 0.1) is 11.4 Å². The van der Waals surface area contributed by atoms with Crippen molar-refractivity contribution in [2.75, 3.05) is 24.6 Å². The number of nitrogens with zero attached hydrogens (tertiary/aromatic N) is 1. The van der Waals surface area contributed by atoms with E-state index in [9.17, 15) is 9.18 Å². The van der Waals surface area contributed by atoms with E-state index in [2.05, 4.69) is 17.3 Å². The fourth-order valence-electron chi connectivity index (χ4n) is 2.88. The molecule has 0 spiro atoms. The van der Waals surface area contributed by atoms with Gasteiger partial charge in [0.1, 0.15) is 5.82 Å². The standard InChI is InChI=1S/C16H24FN3O/c1-20(13-5-2-3-6-13)10-4-7-16(21)19-15-9-8-12(17)11-14(15)18/h8-9,11,13H,2-7,10,18H2,1H3,(H,19,21). The summed E-state index contributed by atoms with van der Waals surface area (Å²) in [5.74, 6) is -0.475. The van der Waals surface area contributed by atoms with Crippen LogP contribution in [0.2, 0.25) is 0 Å². The smallest absolute Gasteiger partial charge is 0.224 e. The number of anilines is 2. The highest BCUT2D eigenvalue weighted by atomic mass is 19.1. The van der Waals surface area contributed by atoms with Crippen LogP contribution in [0.1, 0.15) is 38.5 Å². The second-order valence-corrected chi connectivity index (χ2v) is 5.80. The minimum atomic E-state index is -0.399. The lowest BCUT2D eigenvalue weighted by molar-refractivity contribution is -0.116. The third kappa shape index (κ3) is 4.70. The van der Waals surface area contributed by atoms with Crippen LogP contribution in [0.5, 0.6) is 0 Å². The number of halogens is 1. The van der Waals surface area contributed by atoms with Crippen molar-refractivity contribution in [3.63, 3.8) is 0 Å². The Bertz CT molecular complexity index is 486. The molecule has 0 radical (unpaired) electrons. The maximum Gasteiger partial charge on any atom is 0.224 e. The topological polar surface area (TPSA) is 58.4 Å². The molecule has 3 N–H and O–H groups in total. The van der Waals surface area contributed by atoms with Crippen molar-refractivity contribution in [3.05, 3.63) is 24.0 Å². The molecular formula is C16H24FN3O. The molecule has 0 aliphatic heterocycles. The first kappa shape index (κ1) is 15.8. The molecule has 0 atom stereocenters. The van der Waals surface area contributed by atoms with Crippen LogP contribution in [0.15, 0.2) is 18.2 Å². The molecule has 1 aliphatic carbocycles. The summed E-state index contributed by atoms with van der Waals surface area (Å²) in [5, 5.41) is 2.73. The summed E-state index contributed by atoms with van der Waals surface area (Å²) in [4.78, 5) is 14.2. The minimum Gasteiger partial charge on any atom is -0.397 e. The lowest BCUT2D eigenvalue weighted by Crippen LogP contribution is -2.30. The molecule has 116 valence electrons. The zero-order valence-electron chi connectivity index (χ0n) is 12.6. The fourth-order valence-corrected chi connectivity index (χ4v) is 2.88. The first-order valence-corrected chi connectivity index (χ1v) is 7.61. The Hall–Kier alpha value is -1.62. The first-order chi connectivity index (χ1) is 10.1. The molecule has 21 heavy (non-hydrogen) atoms. The molecule has 5 heteroatoms. The van der Waals surface area contributed by atoms with Gasteiger partial charge in [-0.3, -0.25) is 4.79 Å². The molecule has 0 heterocycles. The van der Waals surface area contributed by atoms with Crippen molar-refractivity contribution in [2.45, 2.75) is 44.6 Å². The Kier molecular flexibility index (Phi) is 5.56. The van der Waals surface area contributed by atoms with E-state index in [1.54, 1.807) is 0 Å². The molecule has 1 aromatic carbocycles. The summed E-state index contributed by atoms with van der Waals surface area (Å²) in [7, 11) is 2.13. The number of hydrogen-bond acceptors (Lipinski definition) is 3. The number of benzene rings is 1. The van der Waals surface area contributed by atoms with Crippen molar-refractivity contribution >= 4 is 17.3 Å². The van der Waals surface area contributed by atoms with E-state index in [1.807, 2.05) is 0 Å². The van der Waals surface area contributed by atoms with Crippen LogP contribution in [0.25, 0.3) is 0 Å². The average Bonchev–Trinajstić information content (AvgIpc) is 2.96. The Labute approximate surface area is 125 Å². The molecule has 2 rings (SSSR count). The lowest BCUT2D eigenvalue weighted by Gasteiger charge is -2.23. The number of rotatable bonds is 6. The van der Waals surface area contributed by atoms with Crippen LogP contribution in [-0.4, -0.2) is 30.4 Å². The van der Waals surface area contributed by atoms with E-state index in [0.29, 0.717) is 18.2 Å². The number of amides is 1. The van der Waals surface area contributed by atoms with Gasteiger partial charge in [0.15, 0.2) is 0 Å². The summed E-state index contributed by atoms with van der Waals surface area (Å²) in [6.07, 6.45) is 6.45. The summed E-state index contributed by atoms with van der Waals surface area (Å²) < 4.78 is 12.9. The van der Waals surface area contributed by atoms with Gasteiger partial charge in [-0.2, -0.15) is 0 Å². The maximum atomic E-state index is 12.9. The quantitative estimate of drug-likeness (QED) is 0.793. The highest BCUT2D eigenvalue weighted by molar-refractivity contribution is 5.93. The van der Waals surface area contributed by atoms with Gasteiger partial charge in [0.25, 0.3) is 0 Å². The average molecular weight is 293 g/mol. The normalized spacial score (nSPS) is 15.6. The summed E-state index contributed by atoms with van der Waals surface area (Å²) in [6.45, 7) is 0.928. The number of nitrogens with one attached hydrogen (secondary N) is 1. The highest BCUT2D eigenvalue weighted by Gasteiger charge is 2.19. The number of carbonyl (C=O) groups excluding carboxylic acids is 1. The van der Waals surface area contributed by atoms with Crippen LogP contribution >= 0.6 is 0 Å². The van der Waals surface area contributed by atoms with Crippen LogP contribution in [0.4, 0.5) is 15.8 Å². The van der Waals surface area contributed by atoms with Crippen molar-refractivity contribution in [2.24, 2.45) is 0 Å². The van der Waals surface area contributed by atoms with Gasteiger partial charge in [-0.05, 0) is 51.1 Å². The van der Waals surface area contributed by atoms with Crippen molar-refractivity contribution in [3.8, 4) is 0 Å². The van der Waals surface area contributed by atoms with Gasteiger partial charge >= 0.3 is 0 Å². The van der Waals surface area contributed by atoms with E-state index in [4.69, 9.17) is 5.73 Å². The molecule has 1 aliphatic rings. The van der Waals surface area contributed by atoms with Crippen molar-refractivity contribution in [1.29, 1.82) is 0 Å². The Morgan fingerprint density at radius 1 is 1.43 bits per heavy atom. The van der Waals surface area contributed by atoms with Crippen LogP contribution < -0.4 is 11.1 Å². The van der Waals surface area contributed by atoms with Gasteiger partial charge in [-0.1, -0.05) is 12.8 Å². The second kappa shape index (κ2) is 7.41. The summed E-state index contributed by atoms with van der Waals surface area (Å²) in [6, 6.07) is 4.68. The fraction of sp³-hybridized carbons (Fsp3) is 0.562. The Balaban J connectivity index is 1.72. The number of nitrogens with two attached hydrogens (primary N) is 1. The van der Waals surface area contributed by atoms with Crippen LogP contribution in [0.3, 0.4) is 0 Å². The highest BCUT2D eigenvalue weighted by Crippen LogP contribution is 2.23. The number of carbonyl (C=O) groups is 1. The van der Waals surface area contributed by atoms with E-state index in [-0.39, 0.29) is 11.6 Å². The van der Waals surface area contributed by atoms with Gasteiger partial charge in [-0.15, -0.1) is 0 Å². The zero-order valence-corrected chi connectivity index (χ0v) is 12.6. The molecule has 0 saturated heterocycles. The summed E-state index contributed by atoms with van der Waals surface area (Å²) in [5.41, 5.74) is 6.40. The minimum absolute atomic E-state index is 0.0758. The molecule has 1 fully saturated rings. The molecule has 1 aromatic rings. The van der Waals surface area contributed by atoms with Crippen LogP contribution in [-0.2, 0) is 4.79 Å². The molecule has 1 saturated carbocycles. The SMILES string of the molecule is CN(CCCC(=O)Nc1ccc(F)cc1N)C1CCCC1. The van der Waals surface area contributed by atoms with Gasteiger partial charge in [-0.25, -0.2) is 4.39 Å². The maximum absolute atomic E-state index is 12.9. The molecule has 0 unspecified atom stereocenters. The Morgan fingerprint density at radius 2 is 2.14 bits per heavy atom. The number of nitrogen functional groups attached to an aromatic ring is 1. The molecule has 1 amide bonds. The van der Waals surface area contributed by atoms with E-state index >= 15 is 0 Å². The first-order valence-electron chi connectivity index (χ1n) is 7.61. The monoisotopic (exact) mass is 293 g/mol. The largest absolute Gasteiger partial charge is 0.397 e. The Morgan fingerprint density at radius 3 is 2.81 bits per heavy atom. The van der Waals surface area contributed by atoms with E-state index < -0.39 is 5.82 Å². The molecule has 0 bridgehead atoms. The van der Waals surface area contributed by atoms with E-state index in [1.165, 1.54) is 43.9 Å². The van der Waals surface area contributed by atoms with E-state index in [0.717, 1.165) is 13.0 Å².